The van der Waals surface area contributed by atoms with Crippen LogP contribution in [0.3, 0.4) is 0 Å². The number of aromatic nitrogens is 1. The molecule has 1 heterocycles. The van der Waals surface area contributed by atoms with E-state index in [1.54, 1.807) is 12.1 Å². The number of para-hydroxylation sites is 2. The minimum absolute atomic E-state index is 0.574. The van der Waals surface area contributed by atoms with Crippen LogP contribution in [0, 0.1) is 0 Å². The fourth-order valence-electron chi connectivity index (χ4n) is 1.60. The van der Waals surface area contributed by atoms with Crippen LogP contribution in [0.4, 0.5) is 5.69 Å². The molecule has 0 atom stereocenters. The first kappa shape index (κ1) is 11.4. The van der Waals surface area contributed by atoms with E-state index in [2.05, 4.69) is 4.98 Å². The lowest BCUT2D eigenvalue weighted by Crippen LogP contribution is -1.87. The molecule has 0 aliphatic heterocycles. The topological polar surface area (TPSA) is 52.0 Å². The molecule has 3 rings (SSSR count). The second kappa shape index (κ2) is 4.55. The van der Waals surface area contributed by atoms with Crippen molar-refractivity contribution in [3.05, 3.63) is 47.5 Å². The molecule has 1 aromatic heterocycles. The number of nitrogens with zero attached hydrogens (tertiary/aromatic N) is 1. The van der Waals surface area contributed by atoms with E-state index in [-0.39, 0.29) is 0 Å². The van der Waals surface area contributed by atoms with Gasteiger partial charge in [0.25, 0.3) is 5.22 Å². The number of oxazole rings is 1. The highest BCUT2D eigenvalue weighted by Gasteiger charge is 2.09. The van der Waals surface area contributed by atoms with Gasteiger partial charge in [-0.1, -0.05) is 23.7 Å². The molecule has 0 spiro atoms. The number of nitrogens with two attached hydrogens (primary N) is 1. The van der Waals surface area contributed by atoms with Crippen molar-refractivity contribution in [1.82, 2.24) is 4.98 Å². The zero-order valence-corrected chi connectivity index (χ0v) is 10.8. The Kier molecular flexibility index (Phi) is 2.89. The maximum Gasteiger partial charge on any atom is 0.261 e. The Hall–Kier alpha value is -1.65. The molecular formula is C13H9ClN2OS. The van der Waals surface area contributed by atoms with Gasteiger partial charge in [-0.15, -0.1) is 0 Å². The second-order valence-corrected chi connectivity index (χ2v) is 5.16. The summed E-state index contributed by atoms with van der Waals surface area (Å²) in [6.07, 6.45) is 0. The van der Waals surface area contributed by atoms with Crippen LogP contribution in [0.15, 0.2) is 57.0 Å². The quantitative estimate of drug-likeness (QED) is 0.712. The van der Waals surface area contributed by atoms with Gasteiger partial charge in [0.1, 0.15) is 5.52 Å². The number of halogens is 1. The van der Waals surface area contributed by atoms with E-state index in [1.165, 1.54) is 11.8 Å². The SMILES string of the molecule is Nc1cc(Cl)ccc1Sc1nc2ccccc2o1. The van der Waals surface area contributed by atoms with Crippen molar-refractivity contribution in [2.75, 3.05) is 5.73 Å². The Morgan fingerprint density at radius 1 is 1.17 bits per heavy atom. The van der Waals surface area contributed by atoms with Gasteiger partial charge in [0.15, 0.2) is 5.58 Å². The molecule has 90 valence electrons. The maximum absolute atomic E-state index is 5.89. The zero-order chi connectivity index (χ0) is 12.5. The molecule has 0 amide bonds. The molecule has 0 aliphatic carbocycles. The Bertz CT molecular complexity index is 678. The Balaban J connectivity index is 1.96. The first-order valence-electron chi connectivity index (χ1n) is 5.31. The summed E-state index contributed by atoms with van der Waals surface area (Å²) >= 11 is 7.24. The summed E-state index contributed by atoms with van der Waals surface area (Å²) < 4.78 is 5.62. The molecule has 0 fully saturated rings. The van der Waals surface area contributed by atoms with Gasteiger partial charge >= 0.3 is 0 Å². The number of fused-ring (bicyclic) bond motifs is 1. The smallest absolute Gasteiger partial charge is 0.261 e. The summed E-state index contributed by atoms with van der Waals surface area (Å²) in [4.78, 5) is 5.26. The number of nitrogen functional groups attached to an aromatic ring is 1. The van der Waals surface area contributed by atoms with Crippen molar-refractivity contribution in [2.45, 2.75) is 10.1 Å². The molecular weight excluding hydrogens is 268 g/mol. The van der Waals surface area contributed by atoms with Gasteiger partial charge < -0.3 is 10.2 Å². The number of hydrogen-bond acceptors (Lipinski definition) is 4. The van der Waals surface area contributed by atoms with Crippen LogP contribution in [0.1, 0.15) is 0 Å². The minimum Gasteiger partial charge on any atom is -0.431 e. The molecule has 0 saturated carbocycles. The average molecular weight is 277 g/mol. The van der Waals surface area contributed by atoms with Crippen molar-refractivity contribution in [3.63, 3.8) is 0 Å². The zero-order valence-electron chi connectivity index (χ0n) is 9.26. The van der Waals surface area contributed by atoms with Gasteiger partial charge in [-0.2, -0.15) is 0 Å². The van der Waals surface area contributed by atoms with Gasteiger partial charge in [0.2, 0.25) is 0 Å². The number of hydrogen-bond donors (Lipinski definition) is 1. The Morgan fingerprint density at radius 2 is 2.00 bits per heavy atom. The summed E-state index contributed by atoms with van der Waals surface area (Å²) in [5.41, 5.74) is 8.12. The standard InChI is InChI=1S/C13H9ClN2OS/c14-8-5-6-12(9(15)7-8)18-13-16-10-3-1-2-4-11(10)17-13/h1-7H,15H2. The number of anilines is 1. The van der Waals surface area contributed by atoms with Gasteiger partial charge in [-0.05, 0) is 42.1 Å². The van der Waals surface area contributed by atoms with Crippen molar-refractivity contribution in [1.29, 1.82) is 0 Å². The van der Waals surface area contributed by atoms with E-state index >= 15 is 0 Å². The van der Waals surface area contributed by atoms with Crippen LogP contribution in [-0.2, 0) is 0 Å². The van der Waals surface area contributed by atoms with E-state index in [1.807, 2.05) is 30.3 Å². The first-order chi connectivity index (χ1) is 8.72. The first-order valence-corrected chi connectivity index (χ1v) is 6.50. The van der Waals surface area contributed by atoms with E-state index in [4.69, 9.17) is 21.8 Å². The average Bonchev–Trinajstić information content (AvgIpc) is 2.75. The molecule has 3 nitrogen and oxygen atoms in total. The highest BCUT2D eigenvalue weighted by Crippen LogP contribution is 2.34. The summed E-state index contributed by atoms with van der Waals surface area (Å²) in [5.74, 6) is 0. The van der Waals surface area contributed by atoms with Gasteiger partial charge in [-0.3, -0.25) is 0 Å². The van der Waals surface area contributed by atoms with Crippen molar-refractivity contribution in [3.8, 4) is 0 Å². The van der Waals surface area contributed by atoms with E-state index < -0.39 is 0 Å². The lowest BCUT2D eigenvalue weighted by Gasteiger charge is -2.02. The molecule has 18 heavy (non-hydrogen) atoms. The second-order valence-electron chi connectivity index (χ2n) is 3.73. The number of benzene rings is 2. The van der Waals surface area contributed by atoms with Crippen molar-refractivity contribution >= 4 is 40.1 Å². The summed E-state index contributed by atoms with van der Waals surface area (Å²) in [6.45, 7) is 0. The lowest BCUT2D eigenvalue weighted by atomic mass is 10.3. The van der Waals surface area contributed by atoms with E-state index in [0.717, 1.165) is 16.0 Å². The normalized spacial score (nSPS) is 10.9. The lowest BCUT2D eigenvalue weighted by molar-refractivity contribution is 0.489. The Morgan fingerprint density at radius 3 is 2.78 bits per heavy atom. The molecule has 0 radical (unpaired) electrons. The fourth-order valence-corrected chi connectivity index (χ4v) is 2.56. The monoisotopic (exact) mass is 276 g/mol. The molecule has 2 aromatic carbocycles. The molecule has 3 aromatic rings. The summed E-state index contributed by atoms with van der Waals surface area (Å²) in [6, 6.07) is 13.0. The molecule has 0 aliphatic rings. The predicted molar refractivity (Wildman–Crippen MR) is 74.0 cm³/mol. The molecule has 0 bridgehead atoms. The highest BCUT2D eigenvalue weighted by molar-refractivity contribution is 7.99. The third-order valence-electron chi connectivity index (χ3n) is 2.44. The number of rotatable bonds is 2. The third kappa shape index (κ3) is 2.17. The highest BCUT2D eigenvalue weighted by atomic mass is 35.5. The van der Waals surface area contributed by atoms with Crippen LogP contribution in [0.5, 0.6) is 0 Å². The molecule has 2 N–H and O–H groups in total. The van der Waals surface area contributed by atoms with E-state index in [0.29, 0.717) is 15.9 Å². The Labute approximate surface area is 113 Å². The summed E-state index contributed by atoms with van der Waals surface area (Å²) in [5, 5.41) is 1.19. The van der Waals surface area contributed by atoms with Crippen molar-refractivity contribution in [2.24, 2.45) is 0 Å². The maximum atomic E-state index is 5.89. The largest absolute Gasteiger partial charge is 0.431 e. The van der Waals surface area contributed by atoms with Crippen LogP contribution < -0.4 is 5.73 Å². The van der Waals surface area contributed by atoms with Crippen LogP contribution in [0.25, 0.3) is 11.1 Å². The molecule has 0 unspecified atom stereocenters. The summed E-state index contributed by atoms with van der Waals surface area (Å²) in [7, 11) is 0. The molecule has 0 saturated heterocycles. The van der Waals surface area contributed by atoms with Crippen LogP contribution >= 0.6 is 23.4 Å². The minimum atomic E-state index is 0.574. The third-order valence-corrected chi connectivity index (χ3v) is 3.62. The van der Waals surface area contributed by atoms with Gasteiger partial charge in [0, 0.05) is 15.6 Å². The van der Waals surface area contributed by atoms with Crippen LogP contribution in [0.2, 0.25) is 5.02 Å². The molecule has 5 heteroatoms. The predicted octanol–water partition coefficient (Wildman–Crippen LogP) is 4.21. The van der Waals surface area contributed by atoms with Crippen molar-refractivity contribution < 1.29 is 4.42 Å². The van der Waals surface area contributed by atoms with Crippen LogP contribution in [-0.4, -0.2) is 4.98 Å². The van der Waals surface area contributed by atoms with Gasteiger partial charge in [-0.25, -0.2) is 4.98 Å². The fraction of sp³-hybridized carbons (Fsp3) is 0. The van der Waals surface area contributed by atoms with Gasteiger partial charge in [0.05, 0.1) is 0 Å². The van der Waals surface area contributed by atoms with E-state index in [9.17, 15) is 0 Å².